The van der Waals surface area contributed by atoms with Crippen molar-refractivity contribution in [2.45, 2.75) is 16.8 Å². The molecule has 0 aliphatic carbocycles. The molecule has 3 heterocycles. The van der Waals surface area contributed by atoms with E-state index in [0.717, 1.165) is 64.8 Å². The van der Waals surface area contributed by atoms with Gasteiger partial charge in [-0.15, -0.1) is 11.3 Å². The van der Waals surface area contributed by atoms with E-state index in [0.29, 0.717) is 0 Å². The number of methoxy groups -OCH3 is 1. The molecule has 7 nitrogen and oxygen atoms in total. The van der Waals surface area contributed by atoms with Crippen molar-refractivity contribution >= 4 is 51.2 Å². The summed E-state index contributed by atoms with van der Waals surface area (Å²) in [4.78, 5) is 9.53. The van der Waals surface area contributed by atoms with Crippen LogP contribution in [0.1, 0.15) is 5.82 Å². The zero-order valence-corrected chi connectivity index (χ0v) is 21.1. The largest absolute Gasteiger partial charge is 0.497 e. The van der Waals surface area contributed by atoms with Gasteiger partial charge < -0.3 is 14.2 Å². The quantitative estimate of drug-likeness (QED) is 0.272. The van der Waals surface area contributed by atoms with Crippen LogP contribution >= 0.6 is 35.3 Å². The van der Waals surface area contributed by atoms with Gasteiger partial charge in [-0.05, 0) is 48.6 Å². The monoisotopic (exact) mass is 498 g/mol. The molecule has 33 heavy (non-hydrogen) atoms. The Bertz CT molecular complexity index is 1250. The van der Waals surface area contributed by atoms with Crippen LogP contribution in [0.4, 0.5) is 5.69 Å². The molecule has 0 saturated carbocycles. The number of aromatic nitrogens is 4. The van der Waals surface area contributed by atoms with Gasteiger partial charge in [0, 0.05) is 38.9 Å². The molecule has 0 bridgehead atoms. The highest BCUT2D eigenvalue weighted by atomic mass is 32.2. The summed E-state index contributed by atoms with van der Waals surface area (Å²) >= 11 is 9.12. The first kappa shape index (κ1) is 22.4. The lowest BCUT2D eigenvalue weighted by Gasteiger charge is -2.35. The Morgan fingerprint density at radius 2 is 1.82 bits per heavy atom. The van der Waals surface area contributed by atoms with Gasteiger partial charge >= 0.3 is 0 Å². The van der Waals surface area contributed by atoms with Gasteiger partial charge in [-0.3, -0.25) is 4.90 Å². The van der Waals surface area contributed by atoms with Crippen LogP contribution in [-0.4, -0.2) is 57.5 Å². The second-order valence-corrected chi connectivity index (χ2v) is 10.6. The molecule has 1 saturated heterocycles. The maximum Gasteiger partial charge on any atom is 0.198 e. The van der Waals surface area contributed by atoms with Gasteiger partial charge in [0.2, 0.25) is 0 Å². The first-order chi connectivity index (χ1) is 16.1. The van der Waals surface area contributed by atoms with E-state index in [1.54, 1.807) is 30.2 Å². The minimum absolute atomic E-state index is 0.717. The van der Waals surface area contributed by atoms with Crippen molar-refractivity contribution in [1.29, 1.82) is 0 Å². The number of para-hydroxylation sites is 1. The van der Waals surface area contributed by atoms with E-state index in [1.165, 1.54) is 10.4 Å². The minimum atomic E-state index is 0.717. The number of benzene rings is 2. The Morgan fingerprint density at radius 3 is 2.55 bits per heavy atom. The Morgan fingerprint density at radius 1 is 1.06 bits per heavy atom. The molecule has 5 rings (SSSR count). The molecule has 10 heteroatoms. The maximum absolute atomic E-state index is 5.68. The fraction of sp³-hybridized carbons (Fsp3) is 0.348. The molecule has 1 fully saturated rings. The second kappa shape index (κ2) is 9.84. The van der Waals surface area contributed by atoms with Crippen LogP contribution in [0.2, 0.25) is 0 Å². The summed E-state index contributed by atoms with van der Waals surface area (Å²) < 4.78 is 12.3. The summed E-state index contributed by atoms with van der Waals surface area (Å²) in [6, 6.07) is 16.5. The molecular weight excluding hydrogens is 472 g/mol. The number of anilines is 1. The van der Waals surface area contributed by atoms with Crippen molar-refractivity contribution in [2.24, 2.45) is 7.05 Å². The van der Waals surface area contributed by atoms with Crippen molar-refractivity contribution in [3.63, 3.8) is 0 Å². The number of fused-ring (bicyclic) bond motifs is 1. The van der Waals surface area contributed by atoms with Crippen LogP contribution in [0.3, 0.4) is 0 Å². The van der Waals surface area contributed by atoms with Gasteiger partial charge in [0.1, 0.15) is 11.6 Å². The van der Waals surface area contributed by atoms with Gasteiger partial charge in [0.05, 0.1) is 29.7 Å². The van der Waals surface area contributed by atoms with Gasteiger partial charge in [-0.25, -0.2) is 9.67 Å². The normalized spacial score (nSPS) is 14.8. The van der Waals surface area contributed by atoms with Crippen molar-refractivity contribution < 1.29 is 4.74 Å². The average molecular weight is 499 g/mol. The minimum Gasteiger partial charge on any atom is -0.497 e. The van der Waals surface area contributed by atoms with E-state index in [9.17, 15) is 0 Å². The third-order valence-electron chi connectivity index (χ3n) is 5.87. The van der Waals surface area contributed by atoms with Crippen molar-refractivity contribution in [3.8, 4) is 5.75 Å². The molecule has 0 radical (unpaired) electrons. The fourth-order valence-corrected chi connectivity index (χ4v) is 6.17. The predicted octanol–water partition coefficient (Wildman–Crippen LogP) is 4.64. The lowest BCUT2D eigenvalue weighted by Crippen LogP contribution is -2.47. The second-order valence-electron chi connectivity index (χ2n) is 7.94. The molecule has 0 N–H and O–H groups in total. The molecule has 1 aliphatic heterocycles. The smallest absolute Gasteiger partial charge is 0.198 e. The first-order valence-electron chi connectivity index (χ1n) is 10.8. The van der Waals surface area contributed by atoms with Crippen LogP contribution in [0, 0.1) is 4.77 Å². The van der Waals surface area contributed by atoms with Gasteiger partial charge in [-0.1, -0.05) is 23.9 Å². The summed E-state index contributed by atoms with van der Waals surface area (Å²) in [5.74, 6) is 2.61. The van der Waals surface area contributed by atoms with Crippen LogP contribution in [0.15, 0.2) is 52.9 Å². The summed E-state index contributed by atoms with van der Waals surface area (Å²) in [5.41, 5.74) is 2.29. The topological polar surface area (TPSA) is 51.4 Å². The van der Waals surface area contributed by atoms with Crippen molar-refractivity contribution in [3.05, 3.63) is 59.1 Å². The number of piperazine rings is 1. The SMILES string of the molecule is COc1ccc(N2CCN(Cn3nc(CSc4nc5ccccc5s4)n(C)c3=S)CC2)cc1. The molecule has 0 unspecified atom stereocenters. The van der Waals surface area contributed by atoms with Crippen LogP contribution in [0.5, 0.6) is 5.75 Å². The lowest BCUT2D eigenvalue weighted by molar-refractivity contribution is 0.194. The van der Waals surface area contributed by atoms with E-state index in [-0.39, 0.29) is 0 Å². The standard InChI is InChI=1S/C23H26N6OS3/c1-26-21(15-32-22-24-19-5-3-4-6-20(19)33-22)25-29(23(26)31)16-27-11-13-28(14-12-27)17-7-9-18(30-2)10-8-17/h3-10H,11-16H2,1-2H3. The van der Waals surface area contributed by atoms with Crippen LogP contribution < -0.4 is 9.64 Å². The number of hydrogen-bond donors (Lipinski definition) is 0. The van der Waals surface area contributed by atoms with E-state index < -0.39 is 0 Å². The number of ether oxygens (including phenoxy) is 1. The maximum atomic E-state index is 5.68. The fourth-order valence-electron chi connectivity index (χ4n) is 3.92. The van der Waals surface area contributed by atoms with E-state index in [1.807, 2.05) is 34.5 Å². The average Bonchev–Trinajstić information content (AvgIpc) is 3.39. The van der Waals surface area contributed by atoms with Crippen molar-refractivity contribution in [1.82, 2.24) is 24.2 Å². The molecule has 4 aromatic rings. The molecule has 2 aromatic heterocycles. The summed E-state index contributed by atoms with van der Waals surface area (Å²) in [5, 5.41) is 4.83. The third kappa shape index (κ3) is 4.93. The Kier molecular flexibility index (Phi) is 6.68. The van der Waals surface area contributed by atoms with E-state index >= 15 is 0 Å². The van der Waals surface area contributed by atoms with Gasteiger partial charge in [-0.2, -0.15) is 5.10 Å². The number of hydrogen-bond acceptors (Lipinski definition) is 8. The molecule has 0 spiro atoms. The van der Waals surface area contributed by atoms with Crippen LogP contribution in [0.25, 0.3) is 10.2 Å². The number of thioether (sulfide) groups is 1. The highest BCUT2D eigenvalue weighted by molar-refractivity contribution is 8.00. The number of rotatable bonds is 7. The zero-order chi connectivity index (χ0) is 22.8. The summed E-state index contributed by atoms with van der Waals surface area (Å²) in [6.45, 7) is 4.62. The zero-order valence-electron chi connectivity index (χ0n) is 18.7. The first-order valence-corrected chi connectivity index (χ1v) is 13.0. The molecule has 1 aliphatic rings. The Hall–Kier alpha value is -2.40. The van der Waals surface area contributed by atoms with Crippen LogP contribution in [-0.2, 0) is 19.5 Å². The van der Waals surface area contributed by atoms with Gasteiger partial charge in [0.15, 0.2) is 9.11 Å². The molecule has 0 amide bonds. The third-order valence-corrected chi connectivity index (χ3v) is 8.53. The molecule has 2 aromatic carbocycles. The molecule has 172 valence electrons. The van der Waals surface area contributed by atoms with E-state index in [4.69, 9.17) is 27.0 Å². The van der Waals surface area contributed by atoms with E-state index in [2.05, 4.69) is 40.1 Å². The summed E-state index contributed by atoms with van der Waals surface area (Å²) in [6.07, 6.45) is 0. The predicted molar refractivity (Wildman–Crippen MR) is 138 cm³/mol. The molecule has 0 atom stereocenters. The highest BCUT2D eigenvalue weighted by Crippen LogP contribution is 2.31. The number of nitrogens with zero attached hydrogens (tertiary/aromatic N) is 6. The summed E-state index contributed by atoms with van der Waals surface area (Å²) in [7, 11) is 3.70. The van der Waals surface area contributed by atoms with Crippen molar-refractivity contribution in [2.75, 3.05) is 38.2 Å². The highest BCUT2D eigenvalue weighted by Gasteiger charge is 2.19. The molecular formula is C23H26N6OS3. The lowest BCUT2D eigenvalue weighted by atomic mass is 10.2. The Balaban J connectivity index is 1.19. The van der Waals surface area contributed by atoms with Gasteiger partial charge in [0.25, 0.3) is 0 Å². The Labute approximate surface area is 206 Å². The number of thiazole rings is 1.